The Morgan fingerprint density at radius 1 is 0.423 bits per heavy atom. The Bertz CT molecular complexity index is 2960. The van der Waals surface area contributed by atoms with Crippen LogP contribution in [-0.4, -0.2) is 4.57 Å². The average Bonchev–Trinajstić information content (AvgIpc) is 3.61. The quantitative estimate of drug-likeness (QED) is 0.165. The largest absolute Gasteiger partial charge is 0.309 e. The Hall–Kier alpha value is -6.18. The van der Waals surface area contributed by atoms with Gasteiger partial charge in [0.25, 0.3) is 0 Å². The van der Waals surface area contributed by atoms with Crippen LogP contribution in [-0.2, 0) is 5.41 Å². The molecule has 2 aliphatic carbocycles. The van der Waals surface area contributed by atoms with Crippen molar-refractivity contribution in [3.8, 4) is 27.9 Å². The molecule has 0 aliphatic heterocycles. The van der Waals surface area contributed by atoms with Crippen LogP contribution in [0.4, 0.5) is 0 Å². The molecule has 1 aromatic heterocycles. The number of hydrogen-bond donors (Lipinski definition) is 0. The summed E-state index contributed by atoms with van der Waals surface area (Å²) >= 11 is 0. The van der Waals surface area contributed by atoms with Gasteiger partial charge in [-0.3, -0.25) is 0 Å². The van der Waals surface area contributed by atoms with Gasteiger partial charge in [0, 0.05) is 27.8 Å². The number of para-hydroxylation sites is 2. The van der Waals surface area contributed by atoms with Crippen molar-refractivity contribution in [2.45, 2.75) is 32.1 Å². The van der Waals surface area contributed by atoms with Crippen molar-refractivity contribution in [3.05, 3.63) is 186 Å². The van der Waals surface area contributed by atoms with Gasteiger partial charge in [-0.25, -0.2) is 0 Å². The summed E-state index contributed by atoms with van der Waals surface area (Å²) in [7, 11) is 0. The van der Waals surface area contributed by atoms with E-state index in [0.29, 0.717) is 0 Å². The van der Waals surface area contributed by atoms with Gasteiger partial charge in [-0.05, 0) is 113 Å². The number of benzene rings is 8. The van der Waals surface area contributed by atoms with Crippen LogP contribution in [0.25, 0.3) is 82.1 Å². The zero-order valence-electron chi connectivity index (χ0n) is 29.6. The lowest BCUT2D eigenvalue weighted by molar-refractivity contribution is 0.661. The van der Waals surface area contributed by atoms with Crippen molar-refractivity contribution in [1.29, 1.82) is 0 Å². The van der Waals surface area contributed by atoms with Crippen LogP contribution in [0, 0.1) is 0 Å². The molecule has 11 rings (SSSR count). The van der Waals surface area contributed by atoms with Crippen molar-refractivity contribution in [2.24, 2.45) is 0 Å². The SMILES string of the molecule is CC1c2cc(-n3c4ccccc4c4ccccc4c4ccccc4c4ccccc43)ccc2-c2cc3c(cc21)-c1c(ccc2ccccc12)C3(C)C. The molecular weight excluding hydrogens is 627 g/mol. The lowest BCUT2D eigenvalue weighted by Crippen LogP contribution is -2.15. The number of rotatable bonds is 1. The second-order valence-electron chi connectivity index (χ2n) is 15.3. The minimum atomic E-state index is -0.0707. The summed E-state index contributed by atoms with van der Waals surface area (Å²) in [6.07, 6.45) is 0. The van der Waals surface area contributed by atoms with Crippen LogP contribution in [0.3, 0.4) is 0 Å². The fourth-order valence-electron chi connectivity index (χ4n) is 9.73. The van der Waals surface area contributed by atoms with Gasteiger partial charge in [-0.1, -0.05) is 148 Å². The molecule has 0 spiro atoms. The monoisotopic (exact) mass is 663 g/mol. The summed E-state index contributed by atoms with van der Waals surface area (Å²) in [6, 6.07) is 61.5. The van der Waals surface area contributed by atoms with Crippen LogP contribution < -0.4 is 0 Å². The van der Waals surface area contributed by atoms with E-state index in [1.807, 2.05) is 0 Å². The maximum Gasteiger partial charge on any atom is 0.0540 e. The molecule has 2 aliphatic rings. The molecule has 0 amide bonds. The minimum Gasteiger partial charge on any atom is -0.309 e. The maximum atomic E-state index is 2.54. The standard InChI is InChI=1S/C51H37N/c1-31-42-28-33(25-26-39(42)44-30-47-45(29-43(31)44)50-34-15-5-4-14-32(34)24-27-46(50)51(47,2)3)52-48-22-12-10-20-40(48)37-18-8-6-16-35(37)36-17-7-9-19-38(36)41-21-11-13-23-49(41)52/h4-31H,1-3H3. The first-order chi connectivity index (χ1) is 25.5. The summed E-state index contributed by atoms with van der Waals surface area (Å²) in [4.78, 5) is 0. The molecule has 1 heteroatoms. The zero-order chi connectivity index (χ0) is 34.7. The molecule has 0 fully saturated rings. The molecule has 0 N–H and O–H groups in total. The van der Waals surface area contributed by atoms with E-state index in [9.17, 15) is 0 Å². The van der Waals surface area contributed by atoms with Gasteiger partial charge in [-0.15, -0.1) is 0 Å². The predicted octanol–water partition coefficient (Wildman–Crippen LogP) is 13.8. The van der Waals surface area contributed by atoms with E-state index in [1.165, 1.54) is 104 Å². The molecule has 9 aromatic rings. The van der Waals surface area contributed by atoms with Gasteiger partial charge in [0.2, 0.25) is 0 Å². The molecule has 0 saturated carbocycles. The molecule has 0 bridgehead atoms. The molecule has 8 aromatic carbocycles. The van der Waals surface area contributed by atoms with Crippen molar-refractivity contribution < 1.29 is 0 Å². The van der Waals surface area contributed by atoms with E-state index >= 15 is 0 Å². The lowest BCUT2D eigenvalue weighted by Gasteiger charge is -2.22. The van der Waals surface area contributed by atoms with Crippen LogP contribution in [0.2, 0.25) is 0 Å². The zero-order valence-corrected chi connectivity index (χ0v) is 29.6. The molecule has 0 radical (unpaired) electrons. The second kappa shape index (κ2) is 10.7. The number of hydrogen-bond acceptors (Lipinski definition) is 0. The average molecular weight is 664 g/mol. The first-order valence-corrected chi connectivity index (χ1v) is 18.5. The molecule has 1 atom stereocenters. The highest BCUT2D eigenvalue weighted by Crippen LogP contribution is 2.56. The third-order valence-corrected chi connectivity index (χ3v) is 12.3. The highest BCUT2D eigenvalue weighted by molar-refractivity contribution is 6.19. The second-order valence-corrected chi connectivity index (χ2v) is 15.3. The van der Waals surface area contributed by atoms with E-state index < -0.39 is 0 Å². The van der Waals surface area contributed by atoms with Crippen LogP contribution in [0.1, 0.15) is 48.9 Å². The van der Waals surface area contributed by atoms with Crippen molar-refractivity contribution in [3.63, 3.8) is 0 Å². The summed E-state index contributed by atoms with van der Waals surface area (Å²) in [5.41, 5.74) is 14.7. The van der Waals surface area contributed by atoms with Gasteiger partial charge in [-0.2, -0.15) is 0 Å². The first kappa shape index (κ1) is 29.5. The van der Waals surface area contributed by atoms with Gasteiger partial charge in [0.05, 0.1) is 11.0 Å². The third-order valence-electron chi connectivity index (χ3n) is 12.3. The van der Waals surface area contributed by atoms with Crippen LogP contribution in [0.5, 0.6) is 0 Å². The van der Waals surface area contributed by atoms with Gasteiger partial charge >= 0.3 is 0 Å². The van der Waals surface area contributed by atoms with E-state index in [2.05, 4.69) is 189 Å². The lowest BCUT2D eigenvalue weighted by atomic mass is 9.81. The van der Waals surface area contributed by atoms with Gasteiger partial charge in [0.15, 0.2) is 0 Å². The molecular formula is C51H37N. The van der Waals surface area contributed by atoms with Crippen molar-refractivity contribution in [1.82, 2.24) is 4.57 Å². The molecule has 1 unspecified atom stereocenters. The number of aromatic nitrogens is 1. The highest BCUT2D eigenvalue weighted by atomic mass is 15.0. The minimum absolute atomic E-state index is 0.0707. The fourth-order valence-corrected chi connectivity index (χ4v) is 9.73. The highest BCUT2D eigenvalue weighted by Gasteiger charge is 2.39. The van der Waals surface area contributed by atoms with Crippen molar-refractivity contribution >= 4 is 54.1 Å². The summed E-state index contributed by atoms with van der Waals surface area (Å²) in [6.45, 7) is 7.20. The Labute approximate surface area is 303 Å². The Morgan fingerprint density at radius 2 is 0.942 bits per heavy atom. The normalized spacial score (nSPS) is 15.2. The molecule has 52 heavy (non-hydrogen) atoms. The predicted molar refractivity (Wildman–Crippen MR) is 221 cm³/mol. The Balaban J connectivity index is 1.20. The fraction of sp³-hybridized carbons (Fsp3) is 0.0980. The van der Waals surface area contributed by atoms with Gasteiger partial charge < -0.3 is 4.57 Å². The topological polar surface area (TPSA) is 4.93 Å². The summed E-state index contributed by atoms with van der Waals surface area (Å²) in [5.74, 6) is 0.266. The molecule has 1 heterocycles. The van der Waals surface area contributed by atoms with E-state index in [4.69, 9.17) is 0 Å². The summed E-state index contributed by atoms with van der Waals surface area (Å²) < 4.78 is 2.50. The maximum absolute atomic E-state index is 2.54. The van der Waals surface area contributed by atoms with Crippen molar-refractivity contribution in [2.75, 3.05) is 0 Å². The van der Waals surface area contributed by atoms with Crippen LogP contribution >= 0.6 is 0 Å². The first-order valence-electron chi connectivity index (χ1n) is 18.5. The number of fused-ring (bicyclic) bond motifs is 15. The third kappa shape index (κ3) is 3.94. The van der Waals surface area contributed by atoms with E-state index in [0.717, 1.165) is 0 Å². The Kier molecular flexibility index (Phi) is 6.06. The smallest absolute Gasteiger partial charge is 0.0540 e. The number of nitrogens with zero attached hydrogens (tertiary/aromatic N) is 1. The summed E-state index contributed by atoms with van der Waals surface area (Å²) in [5, 5.41) is 10.1. The van der Waals surface area contributed by atoms with Crippen LogP contribution in [0.15, 0.2) is 164 Å². The molecule has 1 nitrogen and oxygen atoms in total. The van der Waals surface area contributed by atoms with E-state index in [1.54, 1.807) is 0 Å². The van der Waals surface area contributed by atoms with E-state index in [-0.39, 0.29) is 11.3 Å². The Morgan fingerprint density at radius 3 is 1.58 bits per heavy atom. The molecule has 246 valence electrons. The van der Waals surface area contributed by atoms with Gasteiger partial charge in [0.1, 0.15) is 0 Å². The molecule has 0 saturated heterocycles.